The van der Waals surface area contributed by atoms with Crippen molar-refractivity contribution in [3.63, 3.8) is 0 Å². The van der Waals surface area contributed by atoms with E-state index < -0.39 is 5.54 Å². The van der Waals surface area contributed by atoms with Crippen molar-refractivity contribution in [3.8, 4) is 0 Å². The maximum absolute atomic E-state index is 12.5. The summed E-state index contributed by atoms with van der Waals surface area (Å²) in [6, 6.07) is 14.2. The van der Waals surface area contributed by atoms with Gasteiger partial charge in [-0.15, -0.1) is 0 Å². The third-order valence-electron chi connectivity index (χ3n) is 3.77. The monoisotopic (exact) mass is 281 g/mol. The number of nitrogens with zero attached hydrogens (tertiary/aromatic N) is 1. The molecular formula is C17H19N3O. The van der Waals surface area contributed by atoms with E-state index in [9.17, 15) is 4.79 Å². The molecule has 2 aromatic rings. The molecule has 0 bridgehead atoms. The summed E-state index contributed by atoms with van der Waals surface area (Å²) in [7, 11) is 0. The standard InChI is InChI=1S/C17H19N3O/c1-11(2)18-16-19-15(21)17(3,20-16)14-10-6-8-12-7-4-5-9-13(12)14/h4-11H,1-3H3,(H2,18,19,20,21). The van der Waals surface area contributed by atoms with Gasteiger partial charge in [-0.05, 0) is 37.1 Å². The first-order valence-corrected chi connectivity index (χ1v) is 7.16. The van der Waals surface area contributed by atoms with Crippen LogP contribution in [0.25, 0.3) is 10.8 Å². The van der Waals surface area contributed by atoms with Gasteiger partial charge in [0.15, 0.2) is 5.96 Å². The lowest BCUT2D eigenvalue weighted by molar-refractivity contribution is -0.123. The molecule has 4 nitrogen and oxygen atoms in total. The predicted octanol–water partition coefficient (Wildman–Crippen LogP) is 2.54. The Morgan fingerprint density at radius 1 is 1.10 bits per heavy atom. The number of hydrogen-bond donors (Lipinski definition) is 2. The highest BCUT2D eigenvalue weighted by molar-refractivity contribution is 6.10. The van der Waals surface area contributed by atoms with Gasteiger partial charge in [-0.1, -0.05) is 42.5 Å². The molecule has 3 rings (SSSR count). The minimum absolute atomic E-state index is 0.0711. The Morgan fingerprint density at radius 3 is 2.57 bits per heavy atom. The van der Waals surface area contributed by atoms with E-state index in [0.29, 0.717) is 5.96 Å². The zero-order valence-electron chi connectivity index (χ0n) is 12.5. The second-order valence-corrected chi connectivity index (χ2v) is 5.80. The first kappa shape index (κ1) is 13.6. The van der Waals surface area contributed by atoms with Gasteiger partial charge in [-0.25, -0.2) is 0 Å². The van der Waals surface area contributed by atoms with Gasteiger partial charge in [-0.2, -0.15) is 0 Å². The van der Waals surface area contributed by atoms with Gasteiger partial charge in [0.25, 0.3) is 5.91 Å². The van der Waals surface area contributed by atoms with Crippen molar-refractivity contribution in [2.45, 2.75) is 32.4 Å². The van der Waals surface area contributed by atoms with Crippen molar-refractivity contribution < 1.29 is 4.79 Å². The number of fused-ring (bicyclic) bond motifs is 1. The number of guanidine groups is 1. The second kappa shape index (κ2) is 4.88. The largest absolute Gasteiger partial charge is 0.338 e. The van der Waals surface area contributed by atoms with E-state index in [-0.39, 0.29) is 11.9 Å². The van der Waals surface area contributed by atoms with E-state index in [0.717, 1.165) is 16.3 Å². The molecule has 1 aliphatic heterocycles. The minimum Gasteiger partial charge on any atom is -0.338 e. The van der Waals surface area contributed by atoms with Crippen LogP contribution in [0, 0.1) is 0 Å². The van der Waals surface area contributed by atoms with Gasteiger partial charge in [0.05, 0.1) is 0 Å². The molecule has 1 heterocycles. The molecule has 0 saturated carbocycles. The average Bonchev–Trinajstić information content (AvgIpc) is 2.73. The predicted molar refractivity (Wildman–Crippen MR) is 85.1 cm³/mol. The van der Waals surface area contributed by atoms with E-state index >= 15 is 0 Å². The molecule has 0 aromatic heterocycles. The van der Waals surface area contributed by atoms with Crippen molar-refractivity contribution in [1.82, 2.24) is 10.6 Å². The molecule has 1 atom stereocenters. The highest BCUT2D eigenvalue weighted by Crippen LogP contribution is 2.30. The van der Waals surface area contributed by atoms with E-state index in [1.165, 1.54) is 0 Å². The van der Waals surface area contributed by atoms with E-state index in [4.69, 9.17) is 0 Å². The van der Waals surface area contributed by atoms with Crippen LogP contribution < -0.4 is 10.6 Å². The molecule has 0 aliphatic carbocycles. The summed E-state index contributed by atoms with van der Waals surface area (Å²) in [6.45, 7) is 5.86. The van der Waals surface area contributed by atoms with Crippen LogP contribution in [0.4, 0.5) is 0 Å². The van der Waals surface area contributed by atoms with Crippen molar-refractivity contribution in [2.24, 2.45) is 4.99 Å². The van der Waals surface area contributed by atoms with Crippen molar-refractivity contribution in [3.05, 3.63) is 48.0 Å². The van der Waals surface area contributed by atoms with Gasteiger partial charge in [0, 0.05) is 6.04 Å². The van der Waals surface area contributed by atoms with Crippen molar-refractivity contribution in [1.29, 1.82) is 0 Å². The van der Waals surface area contributed by atoms with Gasteiger partial charge in [-0.3, -0.25) is 15.1 Å². The Morgan fingerprint density at radius 2 is 1.81 bits per heavy atom. The fourth-order valence-corrected chi connectivity index (χ4v) is 2.73. The van der Waals surface area contributed by atoms with E-state index in [1.54, 1.807) is 0 Å². The van der Waals surface area contributed by atoms with Crippen LogP contribution in [0.5, 0.6) is 0 Å². The summed E-state index contributed by atoms with van der Waals surface area (Å²) < 4.78 is 0. The van der Waals surface area contributed by atoms with Gasteiger partial charge in [0.1, 0.15) is 5.54 Å². The fourth-order valence-electron chi connectivity index (χ4n) is 2.73. The maximum atomic E-state index is 12.5. The number of hydrogen-bond acceptors (Lipinski definition) is 2. The first-order chi connectivity index (χ1) is 10.0. The van der Waals surface area contributed by atoms with Crippen LogP contribution in [0.2, 0.25) is 0 Å². The molecule has 108 valence electrons. The van der Waals surface area contributed by atoms with Gasteiger partial charge < -0.3 is 5.32 Å². The Bertz CT molecular complexity index is 730. The molecule has 1 unspecified atom stereocenters. The van der Waals surface area contributed by atoms with Gasteiger partial charge in [0.2, 0.25) is 0 Å². The number of aliphatic imine (C=N–C) groups is 1. The fraction of sp³-hybridized carbons (Fsp3) is 0.294. The van der Waals surface area contributed by atoms with Crippen LogP contribution >= 0.6 is 0 Å². The summed E-state index contributed by atoms with van der Waals surface area (Å²) in [5.74, 6) is 0.476. The maximum Gasteiger partial charge on any atom is 0.256 e. The number of carbonyl (C=O) groups is 1. The topological polar surface area (TPSA) is 53.5 Å². The number of rotatable bonds is 2. The van der Waals surface area contributed by atoms with E-state index in [1.807, 2.05) is 51.1 Å². The lowest BCUT2D eigenvalue weighted by Crippen LogP contribution is -2.41. The SMILES string of the molecule is CC(C)N=C1NC(=O)C(C)(c2cccc3ccccc23)N1. The smallest absolute Gasteiger partial charge is 0.256 e. The molecule has 1 fully saturated rings. The molecule has 1 saturated heterocycles. The number of amides is 1. The summed E-state index contributed by atoms with van der Waals surface area (Å²) >= 11 is 0. The van der Waals surface area contributed by atoms with Crippen LogP contribution in [0.1, 0.15) is 26.3 Å². The molecular weight excluding hydrogens is 262 g/mol. The third-order valence-corrected chi connectivity index (χ3v) is 3.77. The Kier molecular flexibility index (Phi) is 3.16. The van der Waals surface area contributed by atoms with Gasteiger partial charge >= 0.3 is 0 Å². The molecule has 0 spiro atoms. The number of benzene rings is 2. The quantitative estimate of drug-likeness (QED) is 0.889. The molecule has 0 radical (unpaired) electrons. The van der Waals surface area contributed by atoms with Crippen molar-refractivity contribution >= 4 is 22.6 Å². The number of nitrogens with one attached hydrogen (secondary N) is 2. The van der Waals surface area contributed by atoms with E-state index in [2.05, 4.69) is 27.8 Å². The summed E-state index contributed by atoms with van der Waals surface area (Å²) in [4.78, 5) is 16.9. The van der Waals surface area contributed by atoms with Crippen LogP contribution in [-0.4, -0.2) is 17.9 Å². The Labute approximate surface area is 124 Å². The number of carbonyl (C=O) groups excluding carboxylic acids is 1. The second-order valence-electron chi connectivity index (χ2n) is 5.80. The average molecular weight is 281 g/mol. The highest BCUT2D eigenvalue weighted by Gasteiger charge is 2.43. The minimum atomic E-state index is -0.797. The van der Waals surface area contributed by atoms with Crippen LogP contribution in [-0.2, 0) is 10.3 Å². The van der Waals surface area contributed by atoms with Crippen LogP contribution in [0.15, 0.2) is 47.5 Å². The van der Waals surface area contributed by atoms with Crippen LogP contribution in [0.3, 0.4) is 0 Å². The molecule has 2 aromatic carbocycles. The van der Waals surface area contributed by atoms with Crippen molar-refractivity contribution in [2.75, 3.05) is 0 Å². The zero-order valence-corrected chi connectivity index (χ0v) is 12.5. The molecule has 1 amide bonds. The Hall–Kier alpha value is -2.36. The Balaban J connectivity index is 2.12. The lowest BCUT2D eigenvalue weighted by Gasteiger charge is -2.23. The zero-order chi connectivity index (χ0) is 15.0. The third kappa shape index (κ3) is 2.27. The normalized spacial score (nSPS) is 23.6. The summed E-state index contributed by atoms with van der Waals surface area (Å²) in [5, 5.41) is 8.29. The summed E-state index contributed by atoms with van der Waals surface area (Å²) in [5.41, 5.74) is 0.168. The molecule has 2 N–H and O–H groups in total. The summed E-state index contributed by atoms with van der Waals surface area (Å²) in [6.07, 6.45) is 0. The molecule has 21 heavy (non-hydrogen) atoms. The molecule has 1 aliphatic rings. The molecule has 4 heteroatoms. The lowest BCUT2D eigenvalue weighted by atomic mass is 9.88. The highest BCUT2D eigenvalue weighted by atomic mass is 16.2. The first-order valence-electron chi connectivity index (χ1n) is 7.16.